The van der Waals surface area contributed by atoms with Crippen molar-refractivity contribution in [1.82, 2.24) is 20.0 Å². The van der Waals surface area contributed by atoms with Crippen LogP contribution in [0.4, 0.5) is 10.5 Å². The average Bonchev–Trinajstić information content (AvgIpc) is 3.24. The van der Waals surface area contributed by atoms with E-state index in [1.54, 1.807) is 0 Å². The Morgan fingerprint density at radius 1 is 1.19 bits per heavy atom. The van der Waals surface area contributed by atoms with Crippen LogP contribution in [-0.2, 0) is 13.0 Å². The molecule has 2 amide bonds. The van der Waals surface area contributed by atoms with Gasteiger partial charge in [-0.1, -0.05) is 12.1 Å². The van der Waals surface area contributed by atoms with Gasteiger partial charge < -0.3 is 15.5 Å². The second kappa shape index (κ2) is 9.04. The van der Waals surface area contributed by atoms with Crippen molar-refractivity contribution in [2.45, 2.75) is 52.6 Å². The van der Waals surface area contributed by atoms with E-state index >= 15 is 0 Å². The zero-order chi connectivity index (χ0) is 19.2. The smallest absolute Gasteiger partial charge is 0.319 e. The fourth-order valence-corrected chi connectivity index (χ4v) is 3.60. The van der Waals surface area contributed by atoms with E-state index in [9.17, 15) is 4.79 Å². The largest absolute Gasteiger partial charge is 0.334 e. The number of hydrogen-bond donors (Lipinski definition) is 2. The number of amides is 2. The van der Waals surface area contributed by atoms with Gasteiger partial charge in [0.25, 0.3) is 0 Å². The molecule has 1 saturated heterocycles. The zero-order valence-electron chi connectivity index (χ0n) is 16.7. The van der Waals surface area contributed by atoms with Crippen molar-refractivity contribution in [3.05, 3.63) is 47.3 Å². The van der Waals surface area contributed by atoms with Crippen LogP contribution in [0.5, 0.6) is 0 Å². The molecule has 2 heterocycles. The predicted molar refractivity (Wildman–Crippen MR) is 109 cm³/mol. The minimum Gasteiger partial charge on any atom is -0.334 e. The minimum absolute atomic E-state index is 0.0114. The van der Waals surface area contributed by atoms with Crippen LogP contribution < -0.4 is 10.6 Å². The summed E-state index contributed by atoms with van der Waals surface area (Å²) in [6.07, 6.45) is 3.72. The summed E-state index contributed by atoms with van der Waals surface area (Å²) in [7, 11) is 0. The van der Waals surface area contributed by atoms with E-state index in [1.807, 2.05) is 43.7 Å². The van der Waals surface area contributed by atoms with Crippen LogP contribution in [0.1, 0.15) is 36.7 Å². The van der Waals surface area contributed by atoms with Crippen LogP contribution in [0.25, 0.3) is 0 Å². The van der Waals surface area contributed by atoms with Gasteiger partial charge in [-0.15, -0.1) is 0 Å². The predicted octanol–water partition coefficient (Wildman–Crippen LogP) is 3.35. The Hall–Kier alpha value is -2.34. The van der Waals surface area contributed by atoms with Gasteiger partial charge in [0.15, 0.2) is 0 Å². The number of anilines is 1. The van der Waals surface area contributed by atoms with Crippen molar-refractivity contribution in [1.29, 1.82) is 0 Å². The third kappa shape index (κ3) is 5.82. The molecule has 27 heavy (non-hydrogen) atoms. The standard InChI is InChI=1S/C21H31N5O/c1-16-14-18(3)26(24-16)15-17(2)22-21(27)23-20-8-6-19(7-9-20)10-13-25-11-4-5-12-25/h6-9,14,17H,4-5,10-13,15H2,1-3H3,(H2,22,23,27)/t17-/m1/s1. The highest BCUT2D eigenvalue weighted by Crippen LogP contribution is 2.13. The SMILES string of the molecule is Cc1cc(C)n(C[C@@H](C)NC(=O)Nc2ccc(CCN3CCCC3)cc2)n1. The molecule has 6 nitrogen and oxygen atoms in total. The van der Waals surface area contributed by atoms with Gasteiger partial charge in [0, 0.05) is 24.0 Å². The van der Waals surface area contributed by atoms with Crippen LogP contribution in [0.15, 0.2) is 30.3 Å². The number of hydrogen-bond acceptors (Lipinski definition) is 3. The van der Waals surface area contributed by atoms with Crippen molar-refractivity contribution in [3.63, 3.8) is 0 Å². The van der Waals surface area contributed by atoms with E-state index in [4.69, 9.17) is 0 Å². The summed E-state index contributed by atoms with van der Waals surface area (Å²) in [5.74, 6) is 0. The summed E-state index contributed by atoms with van der Waals surface area (Å²) in [6, 6.07) is 10.0. The Labute approximate surface area is 161 Å². The van der Waals surface area contributed by atoms with Crippen molar-refractivity contribution in [3.8, 4) is 0 Å². The molecular formula is C21H31N5O. The topological polar surface area (TPSA) is 62.2 Å². The van der Waals surface area contributed by atoms with E-state index in [2.05, 4.69) is 32.8 Å². The van der Waals surface area contributed by atoms with Crippen molar-refractivity contribution in [2.75, 3.05) is 25.0 Å². The first-order valence-corrected chi connectivity index (χ1v) is 9.89. The maximum absolute atomic E-state index is 12.2. The molecule has 0 unspecified atom stereocenters. The summed E-state index contributed by atoms with van der Waals surface area (Å²) in [5.41, 5.74) is 4.22. The third-order valence-corrected chi connectivity index (χ3v) is 5.05. The van der Waals surface area contributed by atoms with Crippen LogP contribution >= 0.6 is 0 Å². The molecule has 2 aromatic rings. The number of nitrogens with zero attached hydrogens (tertiary/aromatic N) is 3. The molecule has 1 atom stereocenters. The Bertz CT molecular complexity index is 746. The molecule has 1 aliphatic heterocycles. The molecule has 0 saturated carbocycles. The maximum Gasteiger partial charge on any atom is 0.319 e. The van der Waals surface area contributed by atoms with Gasteiger partial charge in [0.05, 0.1) is 12.2 Å². The molecule has 1 aromatic heterocycles. The number of urea groups is 1. The third-order valence-electron chi connectivity index (χ3n) is 5.05. The van der Waals surface area contributed by atoms with Crippen LogP contribution in [-0.4, -0.2) is 46.4 Å². The second-order valence-electron chi connectivity index (χ2n) is 7.60. The normalized spacial score (nSPS) is 15.7. The first-order chi connectivity index (χ1) is 13.0. The van der Waals surface area contributed by atoms with Gasteiger partial charge >= 0.3 is 6.03 Å². The molecule has 0 spiro atoms. The molecule has 1 aliphatic rings. The number of rotatable bonds is 7. The Balaban J connectivity index is 1.43. The molecule has 1 fully saturated rings. The molecule has 1 aromatic carbocycles. The number of aryl methyl sites for hydroxylation is 2. The van der Waals surface area contributed by atoms with E-state index in [1.165, 1.54) is 31.5 Å². The first-order valence-electron chi connectivity index (χ1n) is 9.89. The van der Waals surface area contributed by atoms with Crippen molar-refractivity contribution >= 4 is 11.7 Å². The lowest BCUT2D eigenvalue weighted by atomic mass is 10.1. The van der Waals surface area contributed by atoms with Gasteiger partial charge in [-0.3, -0.25) is 4.68 Å². The van der Waals surface area contributed by atoms with Crippen molar-refractivity contribution < 1.29 is 4.79 Å². The molecule has 3 rings (SSSR count). The quantitative estimate of drug-likeness (QED) is 0.787. The lowest BCUT2D eigenvalue weighted by molar-refractivity contribution is 0.247. The Kier molecular flexibility index (Phi) is 6.50. The highest BCUT2D eigenvalue weighted by molar-refractivity contribution is 5.89. The number of carbonyl (C=O) groups is 1. The van der Waals surface area contributed by atoms with Crippen LogP contribution in [0.3, 0.4) is 0 Å². The first kappa shape index (κ1) is 19.4. The van der Waals surface area contributed by atoms with Gasteiger partial charge in [0.1, 0.15) is 0 Å². The minimum atomic E-state index is -0.186. The fraction of sp³-hybridized carbons (Fsp3) is 0.524. The maximum atomic E-state index is 12.2. The van der Waals surface area contributed by atoms with Gasteiger partial charge in [-0.2, -0.15) is 5.10 Å². The highest BCUT2D eigenvalue weighted by Gasteiger charge is 2.12. The Morgan fingerprint density at radius 3 is 2.52 bits per heavy atom. The molecule has 146 valence electrons. The summed E-state index contributed by atoms with van der Waals surface area (Å²) in [4.78, 5) is 14.7. The van der Waals surface area contributed by atoms with E-state index in [0.29, 0.717) is 6.54 Å². The van der Waals surface area contributed by atoms with E-state index < -0.39 is 0 Å². The molecule has 0 aliphatic carbocycles. The molecule has 0 bridgehead atoms. The highest BCUT2D eigenvalue weighted by atomic mass is 16.2. The fourth-order valence-electron chi connectivity index (χ4n) is 3.60. The Morgan fingerprint density at radius 2 is 1.89 bits per heavy atom. The van der Waals surface area contributed by atoms with Gasteiger partial charge in [-0.25, -0.2) is 4.79 Å². The monoisotopic (exact) mass is 369 g/mol. The second-order valence-corrected chi connectivity index (χ2v) is 7.60. The number of carbonyl (C=O) groups excluding carboxylic acids is 1. The number of aromatic nitrogens is 2. The van der Waals surface area contributed by atoms with Gasteiger partial charge in [0.2, 0.25) is 0 Å². The summed E-state index contributed by atoms with van der Waals surface area (Å²) in [5, 5.41) is 10.3. The molecule has 0 radical (unpaired) electrons. The average molecular weight is 370 g/mol. The van der Waals surface area contributed by atoms with E-state index in [-0.39, 0.29) is 12.1 Å². The molecule has 2 N–H and O–H groups in total. The number of benzene rings is 1. The summed E-state index contributed by atoms with van der Waals surface area (Å²) >= 11 is 0. The lowest BCUT2D eigenvalue weighted by Crippen LogP contribution is -2.38. The summed E-state index contributed by atoms with van der Waals surface area (Å²) < 4.78 is 1.93. The number of likely N-dealkylation sites (tertiary alicyclic amines) is 1. The van der Waals surface area contributed by atoms with Crippen LogP contribution in [0, 0.1) is 13.8 Å². The number of nitrogens with one attached hydrogen (secondary N) is 2. The van der Waals surface area contributed by atoms with Crippen molar-refractivity contribution in [2.24, 2.45) is 0 Å². The van der Waals surface area contributed by atoms with Gasteiger partial charge in [-0.05, 0) is 76.9 Å². The van der Waals surface area contributed by atoms with E-state index in [0.717, 1.165) is 30.0 Å². The molecular weight excluding hydrogens is 338 g/mol. The summed E-state index contributed by atoms with van der Waals surface area (Å²) in [6.45, 7) is 10.2. The lowest BCUT2D eigenvalue weighted by Gasteiger charge is -2.16. The molecule has 6 heteroatoms. The van der Waals surface area contributed by atoms with Crippen LogP contribution in [0.2, 0.25) is 0 Å². The zero-order valence-corrected chi connectivity index (χ0v) is 16.7.